The van der Waals surface area contributed by atoms with E-state index in [1.165, 1.54) is 17.0 Å². The van der Waals surface area contributed by atoms with Gasteiger partial charge in [0, 0.05) is 12.1 Å². The summed E-state index contributed by atoms with van der Waals surface area (Å²) < 4.78 is 1.28. The van der Waals surface area contributed by atoms with Crippen LogP contribution >= 0.6 is 0 Å². The van der Waals surface area contributed by atoms with E-state index in [0.717, 1.165) is 0 Å². The molecule has 0 aromatic carbocycles. The van der Waals surface area contributed by atoms with Gasteiger partial charge in [-0.3, -0.25) is 4.84 Å². The third kappa shape index (κ3) is 6.41. The van der Waals surface area contributed by atoms with E-state index in [2.05, 4.69) is 26.1 Å². The first-order valence-electron chi connectivity index (χ1n) is 8.49. The van der Waals surface area contributed by atoms with Crippen molar-refractivity contribution in [2.45, 2.75) is 64.3 Å². The van der Waals surface area contributed by atoms with E-state index in [9.17, 15) is 19.9 Å². The van der Waals surface area contributed by atoms with Crippen LogP contribution in [0.15, 0.2) is 22.7 Å². The van der Waals surface area contributed by atoms with Gasteiger partial charge in [-0.05, 0) is 39.5 Å². The molecule has 0 radical (unpaired) electrons. The molecule has 0 bridgehead atoms. The Bertz CT molecular complexity index is 646. The van der Waals surface area contributed by atoms with E-state index >= 15 is 0 Å². The van der Waals surface area contributed by atoms with Crippen LogP contribution in [-0.2, 0) is 11.4 Å². The van der Waals surface area contributed by atoms with Crippen LogP contribution in [0.1, 0.15) is 34.6 Å². The molecular weight excluding hydrogens is 358 g/mol. The summed E-state index contributed by atoms with van der Waals surface area (Å²) in [4.78, 5) is 41.3. The Morgan fingerprint density at radius 3 is 2.52 bits per heavy atom. The van der Waals surface area contributed by atoms with Gasteiger partial charge < -0.3 is 15.4 Å². The highest BCUT2D eigenvalue weighted by molar-refractivity contribution is 5.08. The number of aromatic nitrogens is 2. The predicted octanol–water partition coefficient (Wildman–Crippen LogP) is 1.75. The fourth-order valence-corrected chi connectivity index (χ4v) is 2.19. The lowest BCUT2D eigenvalue weighted by molar-refractivity contribution is -0.396. The zero-order chi connectivity index (χ0) is 20.7. The van der Waals surface area contributed by atoms with Gasteiger partial charge >= 0.3 is 5.95 Å². The molecule has 1 aromatic rings. The summed E-state index contributed by atoms with van der Waals surface area (Å²) in [6, 6.07) is -1.24. The molecule has 0 amide bonds. The maximum Gasteiger partial charge on any atom is 0.434 e. The highest BCUT2D eigenvalue weighted by Crippen LogP contribution is 2.18. The zero-order valence-corrected chi connectivity index (χ0v) is 16.2. The van der Waals surface area contributed by atoms with Crippen LogP contribution in [0.5, 0.6) is 0 Å². The molecule has 12 nitrogen and oxygen atoms in total. The molecule has 1 aromatic heterocycles. The average molecular weight is 385 g/mol. The third-order valence-electron chi connectivity index (χ3n) is 4.51. The topological polar surface area (TPSA) is 153 Å². The largest absolute Gasteiger partial charge is 0.434 e. The monoisotopic (exact) mass is 385 g/mol. The summed E-state index contributed by atoms with van der Waals surface area (Å²) in [5.41, 5.74) is 1.43. The molecule has 0 aliphatic rings. The van der Waals surface area contributed by atoms with Crippen molar-refractivity contribution in [3.05, 3.63) is 32.3 Å². The lowest BCUT2D eigenvalue weighted by Crippen LogP contribution is -2.52. The molecule has 0 fully saturated rings. The van der Waals surface area contributed by atoms with Crippen molar-refractivity contribution in [2.75, 3.05) is 13.2 Å². The number of nitro groups is 1. The van der Waals surface area contributed by atoms with Crippen molar-refractivity contribution >= 4 is 5.95 Å². The fraction of sp³-hybridized carbons (Fsp3) is 0.800. The van der Waals surface area contributed by atoms with Crippen LogP contribution in [0.4, 0.5) is 5.95 Å². The first kappa shape index (κ1) is 22.7. The van der Waals surface area contributed by atoms with E-state index in [-0.39, 0.29) is 19.1 Å². The molecule has 1 heterocycles. The minimum Gasteiger partial charge on any atom is -0.390 e. The Labute approximate surface area is 157 Å². The molecule has 1 rings (SSSR count). The van der Waals surface area contributed by atoms with Gasteiger partial charge in [0.25, 0.3) is 0 Å². The molecule has 0 aliphatic carbocycles. The normalized spacial score (nSPS) is 14.6. The maximum atomic E-state index is 11.3. The Morgan fingerprint density at radius 2 is 1.96 bits per heavy atom. The Hall–Kier alpha value is -2.31. The average Bonchev–Trinajstić information content (AvgIpc) is 3.06. The molecule has 2 atom stereocenters. The van der Waals surface area contributed by atoms with Crippen molar-refractivity contribution in [1.29, 1.82) is 0 Å². The fourth-order valence-electron chi connectivity index (χ4n) is 2.19. The molecule has 152 valence electrons. The first-order valence-corrected chi connectivity index (χ1v) is 8.49. The number of hydrogen-bond acceptors (Lipinski definition) is 10. The summed E-state index contributed by atoms with van der Waals surface area (Å²) >= 11 is 0. The molecule has 0 aliphatic heterocycles. The zero-order valence-electron chi connectivity index (χ0n) is 16.2. The van der Waals surface area contributed by atoms with Crippen molar-refractivity contribution in [2.24, 2.45) is 10.4 Å². The summed E-state index contributed by atoms with van der Waals surface area (Å²) in [6.07, 6.45) is 2.74. The van der Waals surface area contributed by atoms with Crippen LogP contribution in [0, 0.1) is 19.9 Å². The smallest absolute Gasteiger partial charge is 0.390 e. The number of rotatable bonds is 13. The first-order chi connectivity index (χ1) is 12.5. The number of hydrogen-bond donors (Lipinski definition) is 2. The van der Waals surface area contributed by atoms with E-state index in [4.69, 9.17) is 4.84 Å². The van der Waals surface area contributed by atoms with Gasteiger partial charge in [-0.25, -0.2) is 4.57 Å². The summed E-state index contributed by atoms with van der Waals surface area (Å²) in [6.45, 7) is 9.48. The van der Waals surface area contributed by atoms with Gasteiger partial charge in [-0.2, -0.15) is 15.3 Å². The third-order valence-corrected chi connectivity index (χ3v) is 4.51. The van der Waals surface area contributed by atoms with E-state index in [1.54, 1.807) is 34.6 Å². The summed E-state index contributed by atoms with van der Waals surface area (Å²) in [7, 11) is 0. The standard InChI is InChI=1S/C15H27N7O5/c1-11(18-23)14(2,3)20-27-9-7-17-15(4,5)12(19-24)10-21-8-6-16-13(21)22(25)26/h6,8,11-12,17,20H,7,9-10H2,1-5H3. The van der Waals surface area contributed by atoms with Crippen molar-refractivity contribution in [1.82, 2.24) is 20.3 Å². The highest BCUT2D eigenvalue weighted by Gasteiger charge is 2.33. The molecular formula is C15H27N7O5. The summed E-state index contributed by atoms with van der Waals surface area (Å²) in [5.74, 6) is -0.341. The Morgan fingerprint density at radius 1 is 1.30 bits per heavy atom. The van der Waals surface area contributed by atoms with Gasteiger partial charge in [-0.1, -0.05) is 15.3 Å². The van der Waals surface area contributed by atoms with E-state index in [0.29, 0.717) is 6.54 Å². The second kappa shape index (κ2) is 9.58. The number of hydroxylamine groups is 1. The number of nitrogens with zero attached hydrogens (tertiary/aromatic N) is 5. The quantitative estimate of drug-likeness (QED) is 0.225. The number of imidazole rings is 1. The Kier molecular flexibility index (Phi) is 8.06. The molecule has 0 saturated carbocycles. The van der Waals surface area contributed by atoms with E-state index in [1.807, 2.05) is 0 Å². The minimum absolute atomic E-state index is 0.0223. The van der Waals surface area contributed by atoms with Crippen molar-refractivity contribution < 1.29 is 9.76 Å². The van der Waals surface area contributed by atoms with E-state index < -0.39 is 28.1 Å². The van der Waals surface area contributed by atoms with Crippen LogP contribution in [0.2, 0.25) is 0 Å². The van der Waals surface area contributed by atoms with Crippen LogP contribution in [0.3, 0.4) is 0 Å². The van der Waals surface area contributed by atoms with Gasteiger partial charge in [-0.15, -0.1) is 0 Å². The van der Waals surface area contributed by atoms with Gasteiger partial charge in [0.05, 0.1) is 18.7 Å². The number of nitroso groups, excluding NO2 is 2. The van der Waals surface area contributed by atoms with Gasteiger partial charge in [0.15, 0.2) is 0 Å². The second-order valence-electron chi connectivity index (χ2n) is 7.36. The molecule has 0 spiro atoms. The van der Waals surface area contributed by atoms with Crippen LogP contribution in [0.25, 0.3) is 0 Å². The highest BCUT2D eigenvalue weighted by atomic mass is 16.6. The molecule has 2 N–H and O–H groups in total. The predicted molar refractivity (Wildman–Crippen MR) is 99.0 cm³/mol. The second-order valence-corrected chi connectivity index (χ2v) is 7.36. The van der Waals surface area contributed by atoms with Crippen LogP contribution < -0.4 is 10.8 Å². The van der Waals surface area contributed by atoms with Crippen molar-refractivity contribution in [3.8, 4) is 0 Å². The lowest BCUT2D eigenvalue weighted by Gasteiger charge is -2.31. The summed E-state index contributed by atoms with van der Waals surface area (Å²) in [5, 5.41) is 20.2. The Balaban J connectivity index is 2.55. The lowest BCUT2D eigenvalue weighted by atomic mass is 9.95. The molecule has 12 heteroatoms. The SMILES string of the molecule is CC(N=O)C(C)(C)NOCCNC(C)(C)C(Cn1ccnc1[N+](=O)[O-])N=O. The molecule has 0 saturated heterocycles. The minimum atomic E-state index is -0.769. The van der Waals surface area contributed by atoms with Gasteiger partial charge in [0.2, 0.25) is 0 Å². The maximum absolute atomic E-state index is 11.3. The number of nitrogens with one attached hydrogen (secondary N) is 2. The van der Waals surface area contributed by atoms with Crippen LogP contribution in [-0.4, -0.2) is 50.8 Å². The molecule has 2 unspecified atom stereocenters. The van der Waals surface area contributed by atoms with Gasteiger partial charge in [0.1, 0.15) is 24.5 Å². The van der Waals surface area contributed by atoms with Crippen molar-refractivity contribution in [3.63, 3.8) is 0 Å². The molecule has 27 heavy (non-hydrogen) atoms.